The normalized spacial score (nSPS) is 10.9. The lowest BCUT2D eigenvalue weighted by Crippen LogP contribution is -2.22. The fraction of sp³-hybridized carbons (Fsp3) is 0.111. The van der Waals surface area contributed by atoms with E-state index in [4.69, 9.17) is 0 Å². The van der Waals surface area contributed by atoms with Crippen molar-refractivity contribution in [1.29, 1.82) is 0 Å². The number of carbonyl (C=O) groups excluding carboxylic acids is 1. The number of hydrogen-bond donors (Lipinski definition) is 1. The topological polar surface area (TPSA) is 77.1 Å². The number of amides is 1. The molecule has 0 aliphatic rings. The molecule has 0 bridgehead atoms. The summed E-state index contributed by atoms with van der Waals surface area (Å²) in [6.45, 7) is 1.14. The smallest absolute Gasteiger partial charge is 0.255 e. The van der Waals surface area contributed by atoms with Gasteiger partial charge in [0.15, 0.2) is 0 Å². The van der Waals surface area contributed by atoms with Crippen molar-refractivity contribution < 1.29 is 4.79 Å². The van der Waals surface area contributed by atoms with Gasteiger partial charge in [0.1, 0.15) is 12.7 Å². The Kier molecular flexibility index (Phi) is 3.96. The van der Waals surface area contributed by atoms with E-state index in [1.54, 1.807) is 21.7 Å². The molecule has 0 radical (unpaired) electrons. The van der Waals surface area contributed by atoms with Gasteiger partial charge in [-0.3, -0.25) is 4.79 Å². The Morgan fingerprint density at radius 1 is 1.04 bits per heavy atom. The Balaban J connectivity index is 1.40. The summed E-state index contributed by atoms with van der Waals surface area (Å²) in [6, 6.07) is 13.7. The molecule has 124 valence electrons. The molecular weight excluding hydrogens is 316 g/mol. The van der Waals surface area contributed by atoms with Crippen LogP contribution in [0.3, 0.4) is 0 Å². The van der Waals surface area contributed by atoms with Gasteiger partial charge >= 0.3 is 0 Å². The molecule has 7 nitrogen and oxygen atoms in total. The summed E-state index contributed by atoms with van der Waals surface area (Å²) in [7, 11) is 0. The zero-order chi connectivity index (χ0) is 17.1. The van der Waals surface area contributed by atoms with Crippen LogP contribution in [0.4, 0.5) is 0 Å². The maximum atomic E-state index is 12.4. The predicted octanol–water partition coefficient (Wildman–Crippen LogP) is 1.90. The highest BCUT2D eigenvalue weighted by atomic mass is 16.1. The van der Waals surface area contributed by atoms with Crippen molar-refractivity contribution in [2.75, 3.05) is 0 Å². The van der Waals surface area contributed by atoms with E-state index >= 15 is 0 Å². The van der Waals surface area contributed by atoms with Crippen LogP contribution in [-0.4, -0.2) is 30.3 Å². The maximum Gasteiger partial charge on any atom is 0.255 e. The second-order valence-electron chi connectivity index (χ2n) is 5.68. The van der Waals surface area contributed by atoms with E-state index in [0.29, 0.717) is 18.7 Å². The minimum absolute atomic E-state index is 0.132. The molecule has 0 fully saturated rings. The Morgan fingerprint density at radius 3 is 2.68 bits per heavy atom. The Morgan fingerprint density at radius 2 is 1.88 bits per heavy atom. The molecule has 7 heteroatoms. The average Bonchev–Trinajstić information content (AvgIpc) is 3.30. The first kappa shape index (κ1) is 15.1. The minimum atomic E-state index is -0.132. The molecule has 3 heterocycles. The van der Waals surface area contributed by atoms with Gasteiger partial charge in [-0.2, -0.15) is 10.2 Å². The van der Waals surface area contributed by atoms with Gasteiger partial charge in [-0.05, 0) is 23.3 Å². The molecule has 0 saturated heterocycles. The second-order valence-corrected chi connectivity index (χ2v) is 5.68. The number of fused-ring (bicyclic) bond motifs is 1. The molecule has 0 saturated carbocycles. The van der Waals surface area contributed by atoms with E-state index in [0.717, 1.165) is 16.6 Å². The van der Waals surface area contributed by atoms with Crippen LogP contribution < -0.4 is 5.32 Å². The van der Waals surface area contributed by atoms with Crippen LogP contribution in [0.5, 0.6) is 0 Å². The van der Waals surface area contributed by atoms with Crippen LogP contribution >= 0.6 is 0 Å². The second kappa shape index (κ2) is 6.56. The minimum Gasteiger partial charge on any atom is -0.348 e. The lowest BCUT2D eigenvalue weighted by atomic mass is 10.1. The molecule has 0 aliphatic carbocycles. The third kappa shape index (κ3) is 3.25. The molecule has 3 aromatic heterocycles. The van der Waals surface area contributed by atoms with E-state index in [1.807, 2.05) is 48.7 Å². The lowest BCUT2D eigenvalue weighted by Gasteiger charge is -2.06. The summed E-state index contributed by atoms with van der Waals surface area (Å²) in [5, 5.41) is 11.2. The first-order valence-corrected chi connectivity index (χ1v) is 7.90. The fourth-order valence-electron chi connectivity index (χ4n) is 2.65. The van der Waals surface area contributed by atoms with Crippen molar-refractivity contribution in [2.24, 2.45) is 0 Å². The van der Waals surface area contributed by atoms with Crippen molar-refractivity contribution in [1.82, 2.24) is 29.7 Å². The van der Waals surface area contributed by atoms with Crippen LogP contribution in [-0.2, 0) is 13.1 Å². The highest BCUT2D eigenvalue weighted by Crippen LogP contribution is 2.10. The summed E-state index contributed by atoms with van der Waals surface area (Å²) >= 11 is 0. The standard InChI is InChI=1S/C18H16N6O/c25-18(16-10-21-24-8-2-1-3-17(16)24)20-9-14-4-6-15(7-5-14)11-23-13-19-12-22-23/h1-8,10,12-13H,9,11H2,(H,20,25). The van der Waals surface area contributed by atoms with Gasteiger partial charge in [0.05, 0.1) is 23.8 Å². The molecule has 0 aliphatic heterocycles. The third-order valence-electron chi connectivity index (χ3n) is 3.96. The number of carbonyl (C=O) groups is 1. The molecule has 4 aromatic rings. The van der Waals surface area contributed by atoms with E-state index in [1.165, 1.54) is 6.33 Å². The van der Waals surface area contributed by atoms with E-state index < -0.39 is 0 Å². The molecule has 4 rings (SSSR count). The molecule has 0 spiro atoms. The van der Waals surface area contributed by atoms with Crippen LogP contribution in [0.2, 0.25) is 0 Å². The molecule has 0 unspecified atom stereocenters. The zero-order valence-electron chi connectivity index (χ0n) is 13.4. The predicted molar refractivity (Wildman–Crippen MR) is 91.9 cm³/mol. The van der Waals surface area contributed by atoms with Gasteiger partial charge in [0, 0.05) is 12.7 Å². The third-order valence-corrected chi connectivity index (χ3v) is 3.96. The molecule has 1 aromatic carbocycles. The van der Waals surface area contributed by atoms with E-state index in [9.17, 15) is 4.79 Å². The largest absolute Gasteiger partial charge is 0.348 e. The highest BCUT2D eigenvalue weighted by molar-refractivity contribution is 6.00. The van der Waals surface area contributed by atoms with Crippen molar-refractivity contribution in [3.8, 4) is 0 Å². The van der Waals surface area contributed by atoms with Crippen LogP contribution in [0.1, 0.15) is 21.5 Å². The van der Waals surface area contributed by atoms with Gasteiger partial charge in [-0.1, -0.05) is 30.3 Å². The monoisotopic (exact) mass is 332 g/mol. The number of rotatable bonds is 5. The van der Waals surface area contributed by atoms with Gasteiger partial charge in [0.25, 0.3) is 5.91 Å². The first-order valence-electron chi connectivity index (χ1n) is 7.90. The first-order chi connectivity index (χ1) is 12.3. The quantitative estimate of drug-likeness (QED) is 0.605. The van der Waals surface area contributed by atoms with Crippen LogP contribution in [0.25, 0.3) is 5.52 Å². The van der Waals surface area contributed by atoms with Gasteiger partial charge < -0.3 is 5.32 Å². The highest BCUT2D eigenvalue weighted by Gasteiger charge is 2.11. The molecular formula is C18H16N6O. The Hall–Kier alpha value is -3.48. The van der Waals surface area contributed by atoms with Crippen molar-refractivity contribution in [2.45, 2.75) is 13.1 Å². The summed E-state index contributed by atoms with van der Waals surface area (Å²) in [6.07, 6.45) is 6.61. The summed E-state index contributed by atoms with van der Waals surface area (Å²) < 4.78 is 3.45. The summed E-state index contributed by atoms with van der Waals surface area (Å²) in [4.78, 5) is 16.3. The maximum absolute atomic E-state index is 12.4. The van der Waals surface area contributed by atoms with Gasteiger partial charge in [-0.25, -0.2) is 14.2 Å². The summed E-state index contributed by atoms with van der Waals surface area (Å²) in [5.74, 6) is -0.132. The molecule has 1 N–H and O–H groups in total. The van der Waals surface area contributed by atoms with Crippen molar-refractivity contribution in [3.63, 3.8) is 0 Å². The Bertz CT molecular complexity index is 988. The molecule has 1 amide bonds. The fourth-order valence-corrected chi connectivity index (χ4v) is 2.65. The Labute approximate surface area is 143 Å². The number of pyridine rings is 1. The number of nitrogens with zero attached hydrogens (tertiary/aromatic N) is 5. The van der Waals surface area contributed by atoms with Gasteiger partial charge in [0.2, 0.25) is 0 Å². The number of benzene rings is 1. The van der Waals surface area contributed by atoms with Gasteiger partial charge in [-0.15, -0.1) is 0 Å². The number of aromatic nitrogens is 5. The lowest BCUT2D eigenvalue weighted by molar-refractivity contribution is 0.0952. The molecule has 0 atom stereocenters. The summed E-state index contributed by atoms with van der Waals surface area (Å²) in [5.41, 5.74) is 3.53. The SMILES string of the molecule is O=C(NCc1ccc(Cn2cncn2)cc1)c1cnn2ccccc12. The average molecular weight is 332 g/mol. The van der Waals surface area contributed by atoms with E-state index in [2.05, 4.69) is 20.5 Å². The van der Waals surface area contributed by atoms with Crippen LogP contribution in [0.15, 0.2) is 67.5 Å². The van der Waals surface area contributed by atoms with Crippen molar-refractivity contribution in [3.05, 3.63) is 84.2 Å². The van der Waals surface area contributed by atoms with E-state index in [-0.39, 0.29) is 5.91 Å². The number of nitrogens with one attached hydrogen (secondary N) is 1. The number of hydrogen-bond acceptors (Lipinski definition) is 4. The van der Waals surface area contributed by atoms with Crippen molar-refractivity contribution >= 4 is 11.4 Å². The van der Waals surface area contributed by atoms with Crippen LogP contribution in [0, 0.1) is 0 Å². The molecule has 25 heavy (non-hydrogen) atoms. The zero-order valence-corrected chi connectivity index (χ0v) is 13.4.